The van der Waals surface area contributed by atoms with Crippen LogP contribution in [0.25, 0.3) is 11.6 Å². The van der Waals surface area contributed by atoms with Crippen molar-refractivity contribution in [3.05, 3.63) is 67.7 Å². The first-order chi connectivity index (χ1) is 8.75. The van der Waals surface area contributed by atoms with Gasteiger partial charge in [0.1, 0.15) is 0 Å². The second-order valence-electron chi connectivity index (χ2n) is 4.34. The number of hydrogen-bond acceptors (Lipinski definition) is 2. The standard InChI is InChI=1S/C14H12N2O2/c17-13-11-7-6-10(12(11)15-16-14(13)18)8-9-4-2-1-3-5-9/h1-5,8H,6-7H2,(H,15,17)(H,16,18)/b10-8-. The van der Waals surface area contributed by atoms with Gasteiger partial charge in [-0.15, -0.1) is 0 Å². The lowest BCUT2D eigenvalue weighted by Crippen LogP contribution is -2.31. The lowest BCUT2D eigenvalue weighted by molar-refractivity contribution is 0.936. The molecule has 1 aromatic carbocycles. The van der Waals surface area contributed by atoms with Gasteiger partial charge >= 0.3 is 5.56 Å². The fourth-order valence-electron chi connectivity index (χ4n) is 2.29. The maximum atomic E-state index is 11.7. The summed E-state index contributed by atoms with van der Waals surface area (Å²) >= 11 is 0. The van der Waals surface area contributed by atoms with E-state index in [1.54, 1.807) is 0 Å². The highest BCUT2D eigenvalue weighted by molar-refractivity contribution is 5.83. The molecular formula is C14H12N2O2. The summed E-state index contributed by atoms with van der Waals surface area (Å²) in [6.45, 7) is 0. The van der Waals surface area contributed by atoms with Crippen molar-refractivity contribution in [2.75, 3.05) is 0 Å². The minimum Gasteiger partial charge on any atom is -0.298 e. The lowest BCUT2D eigenvalue weighted by atomic mass is 10.1. The molecule has 0 radical (unpaired) electrons. The molecule has 2 aromatic rings. The Hall–Kier alpha value is -2.36. The highest BCUT2D eigenvalue weighted by Gasteiger charge is 2.20. The molecule has 0 saturated heterocycles. The van der Waals surface area contributed by atoms with Gasteiger partial charge in [0.25, 0.3) is 0 Å². The number of fused-ring (bicyclic) bond motifs is 1. The van der Waals surface area contributed by atoms with Crippen molar-refractivity contribution in [2.45, 2.75) is 12.8 Å². The molecule has 0 unspecified atom stereocenters. The fraction of sp³-hybridized carbons (Fsp3) is 0.143. The van der Waals surface area contributed by atoms with Gasteiger partial charge in [-0.3, -0.25) is 19.8 Å². The smallest absolute Gasteiger partial charge is 0.298 e. The summed E-state index contributed by atoms with van der Waals surface area (Å²) in [5, 5.41) is 5.20. The van der Waals surface area contributed by atoms with Crippen LogP contribution in [0.5, 0.6) is 0 Å². The SMILES string of the molecule is O=c1[nH][nH]c2c(c1=O)CC/C2=C/c1ccccc1. The summed E-state index contributed by atoms with van der Waals surface area (Å²) in [6, 6.07) is 9.92. The molecule has 0 fully saturated rings. The van der Waals surface area contributed by atoms with Crippen LogP contribution in [0.15, 0.2) is 39.9 Å². The predicted molar refractivity (Wildman–Crippen MR) is 70.3 cm³/mol. The highest BCUT2D eigenvalue weighted by atomic mass is 16.2. The molecular weight excluding hydrogens is 228 g/mol. The van der Waals surface area contributed by atoms with E-state index in [4.69, 9.17) is 0 Å². The van der Waals surface area contributed by atoms with Crippen LogP contribution in [-0.2, 0) is 6.42 Å². The first kappa shape index (κ1) is 10.8. The van der Waals surface area contributed by atoms with E-state index in [1.807, 2.05) is 36.4 Å². The van der Waals surface area contributed by atoms with Crippen LogP contribution in [-0.4, -0.2) is 10.2 Å². The molecule has 90 valence electrons. The maximum absolute atomic E-state index is 11.7. The van der Waals surface area contributed by atoms with E-state index in [9.17, 15) is 9.59 Å². The van der Waals surface area contributed by atoms with Crippen molar-refractivity contribution < 1.29 is 0 Å². The highest BCUT2D eigenvalue weighted by Crippen LogP contribution is 2.29. The molecule has 18 heavy (non-hydrogen) atoms. The quantitative estimate of drug-likeness (QED) is 0.743. The molecule has 0 saturated carbocycles. The molecule has 1 aliphatic rings. The zero-order valence-corrected chi connectivity index (χ0v) is 9.69. The molecule has 4 nitrogen and oxygen atoms in total. The van der Waals surface area contributed by atoms with Gasteiger partial charge < -0.3 is 0 Å². The van der Waals surface area contributed by atoms with E-state index < -0.39 is 11.0 Å². The van der Waals surface area contributed by atoms with E-state index >= 15 is 0 Å². The number of aromatic amines is 2. The van der Waals surface area contributed by atoms with E-state index in [1.165, 1.54) is 0 Å². The summed E-state index contributed by atoms with van der Waals surface area (Å²) in [5.41, 5.74) is 2.52. The summed E-state index contributed by atoms with van der Waals surface area (Å²) in [5.74, 6) is 0. The Labute approximate surface area is 103 Å². The average molecular weight is 240 g/mol. The number of H-pyrrole nitrogens is 2. The predicted octanol–water partition coefficient (Wildman–Crippen LogP) is 1.55. The fourth-order valence-corrected chi connectivity index (χ4v) is 2.29. The molecule has 0 spiro atoms. The minimum atomic E-state index is -0.574. The summed E-state index contributed by atoms with van der Waals surface area (Å²) in [6.07, 6.45) is 3.46. The molecule has 1 aliphatic carbocycles. The Kier molecular flexibility index (Phi) is 2.48. The van der Waals surface area contributed by atoms with Crippen LogP contribution >= 0.6 is 0 Å². The average Bonchev–Trinajstić information content (AvgIpc) is 2.79. The van der Waals surface area contributed by atoms with Crippen molar-refractivity contribution in [3.63, 3.8) is 0 Å². The van der Waals surface area contributed by atoms with Crippen molar-refractivity contribution in [1.29, 1.82) is 0 Å². The number of aromatic nitrogens is 2. The molecule has 0 bridgehead atoms. The van der Waals surface area contributed by atoms with Gasteiger partial charge in [0.15, 0.2) is 0 Å². The molecule has 4 heteroatoms. The Morgan fingerprint density at radius 2 is 1.78 bits per heavy atom. The van der Waals surface area contributed by atoms with E-state index in [2.05, 4.69) is 10.2 Å². The third-order valence-corrected chi connectivity index (χ3v) is 3.19. The van der Waals surface area contributed by atoms with Crippen LogP contribution < -0.4 is 11.0 Å². The Morgan fingerprint density at radius 1 is 1.00 bits per heavy atom. The van der Waals surface area contributed by atoms with Gasteiger partial charge in [-0.1, -0.05) is 30.3 Å². The van der Waals surface area contributed by atoms with E-state index in [0.717, 1.165) is 23.3 Å². The van der Waals surface area contributed by atoms with Crippen LogP contribution in [0, 0.1) is 0 Å². The zero-order valence-electron chi connectivity index (χ0n) is 9.69. The van der Waals surface area contributed by atoms with Gasteiger partial charge in [-0.05, 0) is 30.1 Å². The first-order valence-corrected chi connectivity index (χ1v) is 5.85. The Bertz CT molecular complexity index is 723. The van der Waals surface area contributed by atoms with Gasteiger partial charge in [-0.25, -0.2) is 0 Å². The maximum Gasteiger partial charge on any atom is 0.310 e. The van der Waals surface area contributed by atoms with Gasteiger partial charge in [0.05, 0.1) is 5.69 Å². The molecule has 1 heterocycles. The van der Waals surface area contributed by atoms with Crippen LogP contribution in [0.2, 0.25) is 0 Å². The molecule has 0 atom stereocenters. The number of rotatable bonds is 1. The molecule has 0 aliphatic heterocycles. The third-order valence-electron chi connectivity index (χ3n) is 3.19. The number of benzene rings is 1. The van der Waals surface area contributed by atoms with Crippen LogP contribution in [0.3, 0.4) is 0 Å². The van der Waals surface area contributed by atoms with E-state index in [-0.39, 0.29) is 0 Å². The summed E-state index contributed by atoms with van der Waals surface area (Å²) in [4.78, 5) is 22.9. The minimum absolute atomic E-state index is 0.416. The second kappa shape index (κ2) is 4.14. The van der Waals surface area contributed by atoms with Crippen molar-refractivity contribution in [2.24, 2.45) is 0 Å². The van der Waals surface area contributed by atoms with Gasteiger partial charge in [-0.2, -0.15) is 0 Å². The van der Waals surface area contributed by atoms with Crippen molar-refractivity contribution >= 4 is 11.6 Å². The largest absolute Gasteiger partial charge is 0.310 e. The molecule has 3 rings (SSSR count). The lowest BCUT2D eigenvalue weighted by Gasteiger charge is -2.00. The monoisotopic (exact) mass is 240 g/mol. The van der Waals surface area contributed by atoms with Crippen molar-refractivity contribution in [1.82, 2.24) is 10.2 Å². The Balaban J connectivity index is 2.12. The first-order valence-electron chi connectivity index (χ1n) is 5.85. The molecule has 1 aromatic heterocycles. The number of allylic oxidation sites excluding steroid dienone is 1. The zero-order chi connectivity index (χ0) is 12.5. The second-order valence-corrected chi connectivity index (χ2v) is 4.34. The number of hydrogen-bond donors (Lipinski definition) is 2. The Morgan fingerprint density at radius 3 is 2.56 bits per heavy atom. The molecule has 0 amide bonds. The van der Waals surface area contributed by atoms with Gasteiger partial charge in [0.2, 0.25) is 5.43 Å². The van der Waals surface area contributed by atoms with Crippen LogP contribution in [0.1, 0.15) is 23.2 Å². The summed E-state index contributed by atoms with van der Waals surface area (Å²) in [7, 11) is 0. The summed E-state index contributed by atoms with van der Waals surface area (Å²) < 4.78 is 0. The normalized spacial score (nSPS) is 15.9. The van der Waals surface area contributed by atoms with Crippen molar-refractivity contribution in [3.8, 4) is 0 Å². The molecule has 2 N–H and O–H groups in total. The number of nitrogens with one attached hydrogen (secondary N) is 2. The topological polar surface area (TPSA) is 65.7 Å². The van der Waals surface area contributed by atoms with Gasteiger partial charge in [0, 0.05) is 5.56 Å². The van der Waals surface area contributed by atoms with E-state index in [0.29, 0.717) is 12.0 Å². The third kappa shape index (κ3) is 1.72. The van der Waals surface area contributed by atoms with Crippen LogP contribution in [0.4, 0.5) is 0 Å².